The number of benzene rings is 2. The van der Waals surface area contributed by atoms with Crippen LogP contribution in [0, 0.1) is 11.3 Å². The van der Waals surface area contributed by atoms with Crippen LogP contribution in [0.2, 0.25) is 0 Å². The smallest absolute Gasteiger partial charge is 0.387 e. The Balaban J connectivity index is 1.46. The van der Waals surface area contributed by atoms with Gasteiger partial charge in [0.25, 0.3) is 0 Å². The molecular formula is C20H20F2N4OS. The van der Waals surface area contributed by atoms with E-state index in [1.54, 1.807) is 12.1 Å². The highest BCUT2D eigenvalue weighted by Crippen LogP contribution is 2.18. The number of piperazine rings is 1. The van der Waals surface area contributed by atoms with E-state index >= 15 is 0 Å². The van der Waals surface area contributed by atoms with E-state index in [2.05, 4.69) is 25.9 Å². The fourth-order valence-corrected chi connectivity index (χ4v) is 3.27. The third-order valence-electron chi connectivity index (χ3n) is 4.48. The molecule has 0 bridgehead atoms. The molecule has 0 aromatic heterocycles. The first-order chi connectivity index (χ1) is 13.5. The molecule has 1 heterocycles. The number of nitrogens with one attached hydrogen (secondary N) is 1. The van der Waals surface area contributed by atoms with Gasteiger partial charge in [0.1, 0.15) is 5.75 Å². The minimum absolute atomic E-state index is 0.114. The zero-order valence-electron chi connectivity index (χ0n) is 15.1. The predicted octanol–water partition coefficient (Wildman–Crippen LogP) is 3.67. The van der Waals surface area contributed by atoms with Crippen LogP contribution in [-0.2, 0) is 6.54 Å². The Morgan fingerprint density at radius 2 is 1.71 bits per heavy atom. The molecule has 5 nitrogen and oxygen atoms in total. The summed E-state index contributed by atoms with van der Waals surface area (Å²) in [5.41, 5.74) is 2.57. The van der Waals surface area contributed by atoms with E-state index < -0.39 is 6.61 Å². The first kappa shape index (κ1) is 20.0. The van der Waals surface area contributed by atoms with Crippen LogP contribution in [0.4, 0.5) is 14.5 Å². The Morgan fingerprint density at radius 3 is 2.29 bits per heavy atom. The summed E-state index contributed by atoms with van der Waals surface area (Å²) in [5, 5.41) is 12.6. The minimum atomic E-state index is -2.83. The zero-order chi connectivity index (χ0) is 19.9. The van der Waals surface area contributed by atoms with E-state index in [1.807, 2.05) is 24.3 Å². The molecule has 0 saturated carbocycles. The second kappa shape index (κ2) is 9.44. The summed E-state index contributed by atoms with van der Waals surface area (Å²) in [4.78, 5) is 4.44. The number of hydrogen-bond acceptors (Lipinski definition) is 4. The summed E-state index contributed by atoms with van der Waals surface area (Å²) in [5.74, 6) is 0.114. The van der Waals surface area contributed by atoms with Gasteiger partial charge < -0.3 is 15.0 Å². The lowest BCUT2D eigenvalue weighted by molar-refractivity contribution is -0.0498. The fraction of sp³-hybridized carbons (Fsp3) is 0.300. The standard InChI is InChI=1S/C20H20F2N4OS/c21-19(22)27-18-7-5-17(6-8-18)24-20(28)26-11-9-25(10-12-26)14-16-3-1-15(13-23)2-4-16/h1-8,19H,9-12,14H2,(H,24,28). The number of nitrogens with zero attached hydrogens (tertiary/aromatic N) is 3. The van der Waals surface area contributed by atoms with Crippen LogP contribution in [0.5, 0.6) is 5.75 Å². The van der Waals surface area contributed by atoms with E-state index in [0.29, 0.717) is 10.7 Å². The van der Waals surface area contributed by atoms with Gasteiger partial charge in [-0.3, -0.25) is 4.90 Å². The Labute approximate surface area is 168 Å². The number of ether oxygens (including phenoxy) is 1. The summed E-state index contributed by atoms with van der Waals surface area (Å²) >= 11 is 5.47. The van der Waals surface area contributed by atoms with Gasteiger partial charge in [-0.2, -0.15) is 14.0 Å². The third-order valence-corrected chi connectivity index (χ3v) is 4.84. The van der Waals surface area contributed by atoms with Gasteiger partial charge in [-0.15, -0.1) is 0 Å². The summed E-state index contributed by atoms with van der Waals surface area (Å²) < 4.78 is 28.7. The first-order valence-electron chi connectivity index (χ1n) is 8.86. The maximum atomic E-state index is 12.2. The van der Waals surface area contributed by atoms with Gasteiger partial charge in [0.2, 0.25) is 0 Å². The van der Waals surface area contributed by atoms with E-state index in [1.165, 1.54) is 17.7 Å². The Bertz CT molecular complexity index is 829. The van der Waals surface area contributed by atoms with E-state index in [-0.39, 0.29) is 5.75 Å². The monoisotopic (exact) mass is 402 g/mol. The minimum Gasteiger partial charge on any atom is -0.435 e. The van der Waals surface area contributed by atoms with E-state index in [4.69, 9.17) is 17.5 Å². The largest absolute Gasteiger partial charge is 0.435 e. The van der Waals surface area contributed by atoms with Crippen molar-refractivity contribution in [3.63, 3.8) is 0 Å². The molecule has 28 heavy (non-hydrogen) atoms. The lowest BCUT2D eigenvalue weighted by Gasteiger charge is -2.36. The lowest BCUT2D eigenvalue weighted by Crippen LogP contribution is -2.49. The van der Waals surface area contributed by atoms with Crippen molar-refractivity contribution in [2.24, 2.45) is 0 Å². The number of alkyl halides is 2. The molecule has 1 aliphatic rings. The molecule has 3 rings (SSSR count). The second-order valence-corrected chi connectivity index (χ2v) is 6.79. The molecule has 0 atom stereocenters. The van der Waals surface area contributed by atoms with Crippen molar-refractivity contribution in [1.82, 2.24) is 9.80 Å². The quantitative estimate of drug-likeness (QED) is 0.770. The average Bonchev–Trinajstić information content (AvgIpc) is 2.70. The number of halogens is 2. The van der Waals surface area contributed by atoms with Crippen LogP contribution in [0.3, 0.4) is 0 Å². The summed E-state index contributed by atoms with van der Waals surface area (Å²) in [6.45, 7) is 1.36. The number of anilines is 1. The molecule has 2 aromatic rings. The molecule has 0 spiro atoms. The van der Waals surface area contributed by atoms with Crippen LogP contribution in [0.1, 0.15) is 11.1 Å². The Morgan fingerprint density at radius 1 is 1.07 bits per heavy atom. The predicted molar refractivity (Wildman–Crippen MR) is 107 cm³/mol. The van der Waals surface area contributed by atoms with Gasteiger partial charge in [0.15, 0.2) is 5.11 Å². The molecule has 2 aromatic carbocycles. The Hall–Kier alpha value is -2.76. The molecule has 0 amide bonds. The van der Waals surface area contributed by atoms with Crippen molar-refractivity contribution in [3.8, 4) is 11.8 Å². The van der Waals surface area contributed by atoms with Gasteiger partial charge in [-0.05, 0) is 54.2 Å². The van der Waals surface area contributed by atoms with Crippen molar-refractivity contribution in [2.75, 3.05) is 31.5 Å². The highest BCUT2D eigenvalue weighted by molar-refractivity contribution is 7.80. The van der Waals surface area contributed by atoms with Gasteiger partial charge in [-0.25, -0.2) is 0 Å². The summed E-state index contributed by atoms with van der Waals surface area (Å²) in [6.07, 6.45) is 0. The van der Waals surface area contributed by atoms with Gasteiger partial charge >= 0.3 is 6.61 Å². The normalized spacial score (nSPS) is 14.6. The van der Waals surface area contributed by atoms with E-state index in [9.17, 15) is 8.78 Å². The molecule has 1 N–H and O–H groups in total. The molecule has 1 aliphatic heterocycles. The third kappa shape index (κ3) is 5.62. The highest BCUT2D eigenvalue weighted by Gasteiger charge is 2.19. The number of nitriles is 1. The van der Waals surface area contributed by atoms with Crippen molar-refractivity contribution in [2.45, 2.75) is 13.2 Å². The maximum Gasteiger partial charge on any atom is 0.387 e. The number of hydrogen-bond donors (Lipinski definition) is 1. The topological polar surface area (TPSA) is 51.5 Å². The molecule has 0 aliphatic carbocycles. The van der Waals surface area contributed by atoms with Crippen LogP contribution in [0.25, 0.3) is 0 Å². The number of rotatable bonds is 5. The van der Waals surface area contributed by atoms with Crippen LogP contribution in [-0.4, -0.2) is 47.7 Å². The van der Waals surface area contributed by atoms with Crippen molar-refractivity contribution < 1.29 is 13.5 Å². The van der Waals surface area contributed by atoms with Crippen molar-refractivity contribution >= 4 is 23.0 Å². The molecule has 8 heteroatoms. The molecule has 146 valence electrons. The summed E-state index contributed by atoms with van der Waals surface area (Å²) in [7, 11) is 0. The molecular weight excluding hydrogens is 382 g/mol. The van der Waals surface area contributed by atoms with Crippen LogP contribution in [0.15, 0.2) is 48.5 Å². The van der Waals surface area contributed by atoms with Crippen molar-refractivity contribution in [1.29, 1.82) is 5.26 Å². The van der Waals surface area contributed by atoms with E-state index in [0.717, 1.165) is 38.4 Å². The van der Waals surface area contributed by atoms with Gasteiger partial charge in [0, 0.05) is 38.4 Å². The lowest BCUT2D eigenvalue weighted by atomic mass is 10.1. The SMILES string of the molecule is N#Cc1ccc(CN2CCN(C(=S)Nc3ccc(OC(F)F)cc3)CC2)cc1. The average molecular weight is 402 g/mol. The molecule has 0 radical (unpaired) electrons. The zero-order valence-corrected chi connectivity index (χ0v) is 16.0. The summed E-state index contributed by atoms with van der Waals surface area (Å²) in [6, 6.07) is 16.0. The van der Waals surface area contributed by atoms with Crippen LogP contribution >= 0.6 is 12.2 Å². The molecule has 0 unspecified atom stereocenters. The van der Waals surface area contributed by atoms with Gasteiger partial charge in [-0.1, -0.05) is 12.1 Å². The van der Waals surface area contributed by atoms with Gasteiger partial charge in [0.05, 0.1) is 11.6 Å². The fourth-order valence-electron chi connectivity index (χ4n) is 2.97. The molecule has 1 fully saturated rings. The Kier molecular flexibility index (Phi) is 6.74. The molecule has 1 saturated heterocycles. The second-order valence-electron chi connectivity index (χ2n) is 6.40. The van der Waals surface area contributed by atoms with Crippen molar-refractivity contribution in [3.05, 3.63) is 59.7 Å². The van der Waals surface area contributed by atoms with Crippen LogP contribution < -0.4 is 10.1 Å². The highest BCUT2D eigenvalue weighted by atomic mass is 32.1. The maximum absolute atomic E-state index is 12.2. The number of thiocarbonyl (C=S) groups is 1. The first-order valence-corrected chi connectivity index (χ1v) is 9.26.